The molecule has 7 heteroatoms. The molecule has 1 aliphatic heterocycles. The maximum absolute atomic E-state index is 12.9. The molecular weight excluding hydrogens is 362 g/mol. The first-order valence-corrected chi connectivity index (χ1v) is 9.05. The Labute approximate surface area is 161 Å². The fourth-order valence-electron chi connectivity index (χ4n) is 3.05. The normalized spacial score (nSPS) is 14.0. The van der Waals surface area contributed by atoms with Gasteiger partial charge in [-0.05, 0) is 41.8 Å². The fraction of sp³-hybridized carbons (Fsp3) is 0.150. The minimum Gasteiger partial charge on any atom is -0.337 e. The Morgan fingerprint density at radius 2 is 1.85 bits per heavy atom. The summed E-state index contributed by atoms with van der Waals surface area (Å²) >= 11 is 5.90. The van der Waals surface area contributed by atoms with Crippen LogP contribution in [0.2, 0.25) is 5.02 Å². The highest BCUT2D eigenvalue weighted by molar-refractivity contribution is 6.30. The van der Waals surface area contributed by atoms with E-state index in [4.69, 9.17) is 11.6 Å². The zero-order valence-corrected chi connectivity index (χ0v) is 15.3. The average Bonchev–Trinajstić information content (AvgIpc) is 3.18. The first kappa shape index (κ1) is 17.3. The molecule has 2 heterocycles. The summed E-state index contributed by atoms with van der Waals surface area (Å²) in [6.07, 6.45) is 2.91. The second-order valence-corrected chi connectivity index (χ2v) is 6.69. The van der Waals surface area contributed by atoms with Crippen LogP contribution in [0.5, 0.6) is 0 Å². The van der Waals surface area contributed by atoms with Gasteiger partial charge in [0, 0.05) is 23.8 Å². The molecule has 136 valence electrons. The molecule has 1 aromatic heterocycles. The molecule has 1 amide bonds. The molecule has 4 rings (SSSR count). The van der Waals surface area contributed by atoms with Crippen LogP contribution in [0.25, 0.3) is 5.57 Å². The van der Waals surface area contributed by atoms with E-state index in [9.17, 15) is 4.79 Å². The lowest BCUT2D eigenvalue weighted by Crippen LogP contribution is -2.35. The number of aromatic nitrogens is 3. The molecule has 0 aliphatic carbocycles. The Morgan fingerprint density at radius 1 is 1.07 bits per heavy atom. The number of nitrogens with one attached hydrogen (secondary N) is 2. The summed E-state index contributed by atoms with van der Waals surface area (Å²) < 4.78 is 0. The molecule has 0 spiro atoms. The monoisotopic (exact) mass is 379 g/mol. The summed E-state index contributed by atoms with van der Waals surface area (Å²) in [5, 5.41) is 14.4. The smallest absolute Gasteiger partial charge is 0.278 e. The number of rotatable bonds is 4. The number of H-pyrrole nitrogens is 1. The van der Waals surface area contributed by atoms with Crippen LogP contribution in [-0.2, 0) is 0 Å². The van der Waals surface area contributed by atoms with Gasteiger partial charge in [-0.25, -0.2) is 0 Å². The lowest BCUT2D eigenvalue weighted by molar-refractivity contribution is 0.0768. The van der Waals surface area contributed by atoms with Gasteiger partial charge in [-0.1, -0.05) is 48.0 Å². The van der Waals surface area contributed by atoms with Crippen molar-refractivity contribution in [3.8, 4) is 0 Å². The molecule has 0 radical (unpaired) electrons. The predicted octanol–water partition coefficient (Wildman–Crippen LogP) is 4.13. The van der Waals surface area contributed by atoms with Gasteiger partial charge >= 0.3 is 0 Å². The van der Waals surface area contributed by atoms with E-state index in [0.29, 0.717) is 23.9 Å². The molecule has 6 nitrogen and oxygen atoms in total. The topological polar surface area (TPSA) is 73.9 Å². The molecule has 27 heavy (non-hydrogen) atoms. The minimum absolute atomic E-state index is 0.149. The van der Waals surface area contributed by atoms with Crippen LogP contribution in [0.3, 0.4) is 0 Å². The van der Waals surface area contributed by atoms with E-state index in [0.717, 1.165) is 12.1 Å². The highest BCUT2D eigenvalue weighted by atomic mass is 35.5. The summed E-state index contributed by atoms with van der Waals surface area (Å²) in [7, 11) is 0. The number of halogens is 1. The van der Waals surface area contributed by atoms with Gasteiger partial charge in [-0.15, -0.1) is 10.2 Å². The first-order chi connectivity index (χ1) is 13.2. The molecule has 0 unspecified atom stereocenters. The van der Waals surface area contributed by atoms with Crippen LogP contribution in [-0.4, -0.2) is 39.3 Å². The number of nitrogens with zero attached hydrogens (tertiary/aromatic N) is 3. The Hall–Kier alpha value is -3.12. The van der Waals surface area contributed by atoms with Crippen LogP contribution in [0.4, 0.5) is 11.5 Å². The fourth-order valence-corrected chi connectivity index (χ4v) is 3.18. The van der Waals surface area contributed by atoms with Crippen molar-refractivity contribution in [1.82, 2.24) is 20.3 Å². The van der Waals surface area contributed by atoms with E-state index in [-0.39, 0.29) is 11.6 Å². The van der Waals surface area contributed by atoms with Crippen LogP contribution in [0.15, 0.2) is 60.7 Å². The summed E-state index contributed by atoms with van der Waals surface area (Å²) in [6, 6.07) is 17.4. The quantitative estimate of drug-likeness (QED) is 0.714. The molecule has 0 atom stereocenters. The number of hydrogen-bond acceptors (Lipinski definition) is 4. The number of benzene rings is 2. The third kappa shape index (κ3) is 3.85. The first-order valence-electron chi connectivity index (χ1n) is 8.68. The summed E-state index contributed by atoms with van der Waals surface area (Å²) in [6.45, 7) is 1.20. The molecule has 0 bridgehead atoms. The zero-order chi connectivity index (χ0) is 18.6. The van der Waals surface area contributed by atoms with Gasteiger partial charge in [0.15, 0.2) is 11.5 Å². The lowest BCUT2D eigenvalue weighted by Gasteiger charge is -2.26. The van der Waals surface area contributed by atoms with Crippen molar-refractivity contribution in [2.45, 2.75) is 6.42 Å². The Kier molecular flexibility index (Phi) is 4.89. The summed E-state index contributed by atoms with van der Waals surface area (Å²) in [5.74, 6) is 0.253. The van der Waals surface area contributed by atoms with Crippen molar-refractivity contribution in [1.29, 1.82) is 0 Å². The van der Waals surface area contributed by atoms with Crippen molar-refractivity contribution in [3.63, 3.8) is 0 Å². The van der Waals surface area contributed by atoms with Gasteiger partial charge in [0.1, 0.15) is 0 Å². The van der Waals surface area contributed by atoms with Crippen LogP contribution < -0.4 is 5.32 Å². The number of carbonyl (C=O) groups is 1. The number of aromatic amines is 1. The SMILES string of the molecule is O=C(c1n[nH]nc1Nc1ccc(Cl)cc1)N1CC=C(c2ccccc2)CC1. The van der Waals surface area contributed by atoms with E-state index in [1.807, 2.05) is 30.3 Å². The van der Waals surface area contributed by atoms with E-state index in [1.165, 1.54) is 11.1 Å². The van der Waals surface area contributed by atoms with E-state index in [2.05, 4.69) is 38.9 Å². The summed E-state index contributed by atoms with van der Waals surface area (Å²) in [5.41, 5.74) is 3.53. The molecule has 2 N–H and O–H groups in total. The van der Waals surface area contributed by atoms with Crippen molar-refractivity contribution in [2.75, 3.05) is 18.4 Å². The largest absolute Gasteiger partial charge is 0.337 e. The predicted molar refractivity (Wildman–Crippen MR) is 106 cm³/mol. The highest BCUT2D eigenvalue weighted by Crippen LogP contribution is 2.24. The maximum Gasteiger partial charge on any atom is 0.278 e. The molecule has 0 saturated heterocycles. The number of hydrogen-bond donors (Lipinski definition) is 2. The van der Waals surface area contributed by atoms with E-state index < -0.39 is 0 Å². The van der Waals surface area contributed by atoms with E-state index in [1.54, 1.807) is 17.0 Å². The number of carbonyl (C=O) groups excluding carboxylic acids is 1. The van der Waals surface area contributed by atoms with Gasteiger partial charge in [0.05, 0.1) is 0 Å². The van der Waals surface area contributed by atoms with Gasteiger partial charge in [-0.3, -0.25) is 4.79 Å². The Morgan fingerprint density at radius 3 is 2.56 bits per heavy atom. The molecule has 0 fully saturated rings. The zero-order valence-electron chi connectivity index (χ0n) is 14.5. The molecule has 0 saturated carbocycles. The molecule has 3 aromatic rings. The second kappa shape index (κ2) is 7.63. The van der Waals surface area contributed by atoms with Gasteiger partial charge in [-0.2, -0.15) is 5.21 Å². The Balaban J connectivity index is 1.47. The maximum atomic E-state index is 12.9. The van der Waals surface area contributed by atoms with Crippen LogP contribution in [0, 0.1) is 0 Å². The lowest BCUT2D eigenvalue weighted by atomic mass is 9.99. The Bertz CT molecular complexity index is 966. The molecule has 1 aliphatic rings. The molecular formula is C20H18ClN5O. The molecule has 2 aromatic carbocycles. The third-order valence-corrected chi connectivity index (χ3v) is 4.75. The van der Waals surface area contributed by atoms with Crippen molar-refractivity contribution in [3.05, 3.63) is 77.0 Å². The van der Waals surface area contributed by atoms with Crippen LogP contribution in [0.1, 0.15) is 22.5 Å². The van der Waals surface area contributed by atoms with Gasteiger partial charge in [0.25, 0.3) is 5.91 Å². The van der Waals surface area contributed by atoms with Crippen LogP contribution >= 0.6 is 11.6 Å². The van der Waals surface area contributed by atoms with Crippen molar-refractivity contribution in [2.24, 2.45) is 0 Å². The van der Waals surface area contributed by atoms with Gasteiger partial charge in [0.2, 0.25) is 0 Å². The second-order valence-electron chi connectivity index (χ2n) is 6.25. The van der Waals surface area contributed by atoms with E-state index >= 15 is 0 Å². The number of amides is 1. The standard InChI is InChI=1S/C20H18ClN5O/c21-16-6-8-17(9-7-16)22-19-18(23-25-24-19)20(27)26-12-10-15(11-13-26)14-4-2-1-3-5-14/h1-10H,11-13H2,(H2,22,23,24,25). The van der Waals surface area contributed by atoms with Crippen molar-refractivity contribution < 1.29 is 4.79 Å². The minimum atomic E-state index is -0.149. The average molecular weight is 380 g/mol. The van der Waals surface area contributed by atoms with Gasteiger partial charge < -0.3 is 10.2 Å². The van der Waals surface area contributed by atoms with Crippen molar-refractivity contribution >= 4 is 34.6 Å². The number of anilines is 2. The highest BCUT2D eigenvalue weighted by Gasteiger charge is 2.24. The summed E-state index contributed by atoms with van der Waals surface area (Å²) in [4.78, 5) is 14.7. The third-order valence-electron chi connectivity index (χ3n) is 4.50.